The van der Waals surface area contributed by atoms with Gasteiger partial charge in [0.15, 0.2) is 35.6 Å². The van der Waals surface area contributed by atoms with Crippen molar-refractivity contribution in [3.8, 4) is 28.7 Å². The van der Waals surface area contributed by atoms with Crippen LogP contribution in [0.15, 0.2) is 24.3 Å². The first-order valence-corrected chi connectivity index (χ1v) is 24.1. The van der Waals surface area contributed by atoms with Gasteiger partial charge in [-0.15, -0.1) is 0 Å². The van der Waals surface area contributed by atoms with Crippen LogP contribution in [0.2, 0.25) is 0 Å². The third kappa shape index (κ3) is 11.8. The van der Waals surface area contributed by atoms with E-state index in [9.17, 15) is 44.1 Å². The van der Waals surface area contributed by atoms with Gasteiger partial charge < -0.3 is 87.6 Å². The van der Waals surface area contributed by atoms with E-state index in [0.29, 0.717) is 41.0 Å². The molecule has 2 unspecified atom stereocenters. The van der Waals surface area contributed by atoms with E-state index < -0.39 is 121 Å². The Kier molecular flexibility index (Phi) is 17.1. The van der Waals surface area contributed by atoms with E-state index >= 15 is 0 Å². The molecule has 402 valence electrons. The van der Waals surface area contributed by atoms with Crippen molar-refractivity contribution in [3.63, 3.8) is 0 Å². The van der Waals surface area contributed by atoms with Crippen molar-refractivity contribution in [2.75, 3.05) is 61.4 Å². The number of ether oxygens (including phenoxy) is 11. The van der Waals surface area contributed by atoms with E-state index in [1.165, 1.54) is 38.1 Å². The summed E-state index contributed by atoms with van der Waals surface area (Å²) in [5.41, 5.74) is 0.607. The average Bonchev–Trinajstić information content (AvgIpc) is 3.98. The van der Waals surface area contributed by atoms with Gasteiger partial charge in [-0.2, -0.15) is 0 Å². The van der Waals surface area contributed by atoms with E-state index in [4.69, 9.17) is 57.2 Å². The Labute approximate surface area is 420 Å². The molecule has 5 aliphatic rings. The minimum absolute atomic E-state index is 0.00930. The number of fused-ring (bicyclic) bond motifs is 4. The largest absolute Gasteiger partial charge is 0.493 e. The minimum Gasteiger partial charge on any atom is -0.493 e. The van der Waals surface area contributed by atoms with Crippen LogP contribution in [-0.2, 0) is 47.6 Å². The predicted octanol–water partition coefficient (Wildman–Crippen LogP) is 3.15. The quantitative estimate of drug-likeness (QED) is 0.119. The maximum Gasteiger partial charge on any atom is 0.415 e. The lowest BCUT2D eigenvalue weighted by atomic mass is 9.66. The highest BCUT2D eigenvalue weighted by Crippen LogP contribution is 2.57. The third-order valence-electron chi connectivity index (χ3n) is 14.0. The number of likely N-dealkylation sites (N-methyl/N-ethyl adjacent to an activating group) is 2. The fraction of sp³-hybridized carbons (Fsp3) is 0.633. The van der Waals surface area contributed by atoms with Gasteiger partial charge in [-0.25, -0.2) is 14.4 Å². The molecular formula is C49H65N3O21. The molecular weight excluding hydrogens is 967 g/mol. The standard InChI is InChI=1S/C49H65N3O21/c1-9-11-49(4,46(60)50-29(43(57)58)19-35(53)54)12-10-23(2)69-47(61)51(5)13-14-52(6)48(62)73-41-32(63-7)15-25(16-33(41)64-8)36-26-17-30-31(68-22-67-30)18-27(26)40(28-20-66-44(59)37(28)36)72-45-39(56)38(55)42-34(71-45)21-65-24(3)70-42/h15-18,23-24,28-29,34,36-40,42,45,55-56H,9-14,19-22H2,1-8H3,(H,50,60)(H,53,54)(H,57,58)/t23-,24+,28-,29-,34+,36+,37-,38+,39+,40?,42+,45?,49+/m0/s1. The molecule has 7 rings (SSSR count). The summed E-state index contributed by atoms with van der Waals surface area (Å²) in [5, 5.41) is 43.3. The van der Waals surface area contributed by atoms with Crippen molar-refractivity contribution >= 4 is 36.0 Å². The van der Waals surface area contributed by atoms with E-state index in [1.807, 2.05) is 6.92 Å². The Bertz CT molecular complexity index is 2360. The first kappa shape index (κ1) is 54.6. The molecule has 73 heavy (non-hydrogen) atoms. The highest BCUT2D eigenvalue weighted by atomic mass is 16.8. The second kappa shape index (κ2) is 22.9. The molecule has 0 spiro atoms. The molecule has 4 aliphatic heterocycles. The van der Waals surface area contributed by atoms with Crippen molar-refractivity contribution in [2.24, 2.45) is 17.3 Å². The fourth-order valence-corrected chi connectivity index (χ4v) is 9.92. The van der Waals surface area contributed by atoms with Gasteiger partial charge in [0.25, 0.3) is 0 Å². The minimum atomic E-state index is -1.61. The Morgan fingerprint density at radius 2 is 1.52 bits per heavy atom. The number of hydrogen-bond acceptors (Lipinski definition) is 19. The van der Waals surface area contributed by atoms with Gasteiger partial charge >= 0.3 is 30.1 Å². The molecule has 2 aromatic carbocycles. The number of aliphatic carboxylic acids is 2. The molecule has 13 atom stereocenters. The second-order valence-corrected chi connectivity index (χ2v) is 19.2. The first-order chi connectivity index (χ1) is 34.7. The predicted molar refractivity (Wildman–Crippen MR) is 248 cm³/mol. The number of carbonyl (C=O) groups is 6. The van der Waals surface area contributed by atoms with Crippen molar-refractivity contribution < 1.29 is 101 Å². The van der Waals surface area contributed by atoms with Crippen molar-refractivity contribution in [3.05, 3.63) is 41.0 Å². The molecule has 0 aromatic heterocycles. The number of hydrogen-bond donors (Lipinski definition) is 5. The van der Waals surface area contributed by atoms with E-state index in [2.05, 4.69) is 5.32 Å². The number of nitrogens with zero attached hydrogens (tertiary/aromatic N) is 2. The van der Waals surface area contributed by atoms with Crippen LogP contribution in [0.25, 0.3) is 0 Å². The zero-order valence-corrected chi connectivity index (χ0v) is 41.9. The number of carboxylic acid groups (broad SMARTS) is 2. The highest BCUT2D eigenvalue weighted by molar-refractivity contribution is 5.89. The van der Waals surface area contributed by atoms with Crippen LogP contribution in [0, 0.1) is 17.3 Å². The second-order valence-electron chi connectivity index (χ2n) is 19.2. The molecule has 1 aliphatic carbocycles. The number of benzene rings is 2. The molecule has 0 bridgehead atoms. The molecule has 3 amide bonds. The topological polar surface area (TPSA) is 303 Å². The number of methoxy groups -OCH3 is 2. The number of rotatable bonds is 20. The van der Waals surface area contributed by atoms with Crippen LogP contribution in [0.4, 0.5) is 9.59 Å². The molecule has 2 aromatic rings. The summed E-state index contributed by atoms with van der Waals surface area (Å²) in [5.74, 6) is -5.34. The van der Waals surface area contributed by atoms with E-state index in [1.54, 1.807) is 45.0 Å². The van der Waals surface area contributed by atoms with Crippen LogP contribution in [-0.4, -0.2) is 177 Å². The summed E-state index contributed by atoms with van der Waals surface area (Å²) in [6.45, 7) is 6.79. The van der Waals surface area contributed by atoms with Gasteiger partial charge in [-0.1, -0.05) is 20.3 Å². The number of carboxylic acids is 2. The third-order valence-corrected chi connectivity index (χ3v) is 14.0. The Morgan fingerprint density at radius 3 is 2.14 bits per heavy atom. The summed E-state index contributed by atoms with van der Waals surface area (Å²) in [6.07, 6.45) is -9.05. The Morgan fingerprint density at radius 1 is 0.877 bits per heavy atom. The first-order valence-electron chi connectivity index (χ1n) is 24.1. The molecule has 0 saturated carbocycles. The summed E-state index contributed by atoms with van der Waals surface area (Å²) in [4.78, 5) is 79.1. The SMILES string of the molecule is CCC[C@](C)(CC[C@H](C)OC(=O)N(C)CCN(C)C(=O)Oc1c(OC)cc([C@@H]2c3cc4c(cc3C(OC3O[C@@H]5CO[C@@H](C)O[C@H]5[C@H](O)[C@H]3O)[C@H]3COC(=O)[C@H]23)OCO4)cc1OC)C(=O)N[C@@H](CC(=O)O)C(=O)O. The van der Waals surface area contributed by atoms with Gasteiger partial charge in [-0.05, 0) is 74.1 Å². The van der Waals surface area contributed by atoms with Crippen LogP contribution in [0.3, 0.4) is 0 Å². The van der Waals surface area contributed by atoms with E-state index in [0.717, 1.165) is 0 Å². The molecule has 24 heteroatoms. The molecule has 24 nitrogen and oxygen atoms in total. The average molecular weight is 1030 g/mol. The smallest absolute Gasteiger partial charge is 0.415 e. The Hall–Kier alpha value is -6.18. The van der Waals surface area contributed by atoms with Crippen LogP contribution >= 0.6 is 0 Å². The number of amides is 3. The molecule has 3 saturated heterocycles. The molecule has 5 N–H and O–H groups in total. The van der Waals surface area contributed by atoms with Crippen LogP contribution < -0.4 is 29.0 Å². The van der Waals surface area contributed by atoms with E-state index in [-0.39, 0.29) is 63.2 Å². The van der Waals surface area contributed by atoms with Gasteiger partial charge in [0.1, 0.15) is 36.6 Å². The van der Waals surface area contributed by atoms with Gasteiger partial charge in [0.05, 0.1) is 45.9 Å². The molecule has 4 heterocycles. The summed E-state index contributed by atoms with van der Waals surface area (Å²) in [7, 11) is 5.69. The number of aliphatic hydroxyl groups excluding tert-OH is 2. The lowest BCUT2D eigenvalue weighted by Crippen LogP contribution is -2.63. The monoisotopic (exact) mass is 1030 g/mol. The number of cyclic esters (lactones) is 1. The lowest BCUT2D eigenvalue weighted by molar-refractivity contribution is -0.364. The number of carbonyl (C=O) groups excluding carboxylic acids is 4. The maximum atomic E-state index is 13.9. The van der Waals surface area contributed by atoms with Crippen molar-refractivity contribution in [2.45, 2.75) is 121 Å². The summed E-state index contributed by atoms with van der Waals surface area (Å²) < 4.78 is 64.3. The number of aliphatic hydroxyl groups is 2. The zero-order chi connectivity index (χ0) is 53.1. The highest BCUT2D eigenvalue weighted by Gasteiger charge is 2.56. The van der Waals surface area contributed by atoms with Crippen molar-refractivity contribution in [1.29, 1.82) is 0 Å². The van der Waals surface area contributed by atoms with Gasteiger partial charge in [-0.3, -0.25) is 14.4 Å². The fourth-order valence-electron chi connectivity index (χ4n) is 9.92. The number of nitrogens with one attached hydrogen (secondary N) is 1. The number of esters is 1. The normalized spacial score (nSPS) is 27.3. The lowest BCUT2D eigenvalue weighted by Gasteiger charge is -2.47. The summed E-state index contributed by atoms with van der Waals surface area (Å²) in [6, 6.07) is 5.14. The Balaban J connectivity index is 1.03. The van der Waals surface area contributed by atoms with Crippen LogP contribution in [0.5, 0.6) is 28.7 Å². The van der Waals surface area contributed by atoms with Crippen LogP contribution in [0.1, 0.15) is 88.5 Å². The maximum absolute atomic E-state index is 13.9. The van der Waals surface area contributed by atoms with Crippen molar-refractivity contribution in [1.82, 2.24) is 15.1 Å². The molecule has 3 fully saturated rings. The summed E-state index contributed by atoms with van der Waals surface area (Å²) >= 11 is 0. The molecule has 0 radical (unpaired) electrons. The van der Waals surface area contributed by atoms with Gasteiger partial charge in [0.2, 0.25) is 18.4 Å². The zero-order valence-electron chi connectivity index (χ0n) is 41.9. The van der Waals surface area contributed by atoms with Gasteiger partial charge in [0, 0.05) is 44.4 Å².